The average Bonchev–Trinajstić information content (AvgIpc) is 2.43. The van der Waals surface area contributed by atoms with Gasteiger partial charge < -0.3 is 25.4 Å². The number of carbonyl (C=O) groups is 2. The van der Waals surface area contributed by atoms with Gasteiger partial charge in [-0.2, -0.15) is 0 Å². The van der Waals surface area contributed by atoms with Crippen molar-refractivity contribution < 1.29 is 29.6 Å². The van der Waals surface area contributed by atoms with Crippen LogP contribution >= 0.6 is 11.6 Å². The van der Waals surface area contributed by atoms with Crippen molar-refractivity contribution in [2.75, 3.05) is 6.54 Å². The molecule has 0 radical (unpaired) electrons. The summed E-state index contributed by atoms with van der Waals surface area (Å²) in [6, 6.07) is 3.93. The van der Waals surface area contributed by atoms with E-state index < -0.39 is 29.9 Å². The van der Waals surface area contributed by atoms with Gasteiger partial charge in [0.1, 0.15) is 11.7 Å². The molecule has 1 rings (SSSR count). The fraction of sp³-hybridized carbons (Fsp3) is 0.500. The number of carboxylic acids is 1. The van der Waals surface area contributed by atoms with Gasteiger partial charge in [0.2, 0.25) is 0 Å². The molecule has 0 bridgehead atoms. The van der Waals surface area contributed by atoms with E-state index in [-0.39, 0.29) is 29.1 Å². The molecule has 0 saturated carbocycles. The number of aliphatic hydroxyl groups is 2. The maximum atomic E-state index is 11.5. The van der Waals surface area contributed by atoms with Gasteiger partial charge in [-0.15, -0.1) is 0 Å². The second-order valence-corrected chi connectivity index (χ2v) is 6.68. The Bertz CT molecular complexity index is 599. The highest BCUT2D eigenvalue weighted by atomic mass is 35.5. The van der Waals surface area contributed by atoms with Crippen molar-refractivity contribution in [1.29, 1.82) is 0 Å². The second-order valence-electron chi connectivity index (χ2n) is 6.27. The van der Waals surface area contributed by atoms with Crippen molar-refractivity contribution in [2.45, 2.75) is 45.0 Å². The lowest BCUT2D eigenvalue weighted by Crippen LogP contribution is -2.34. The SMILES string of the molecule is CC(C)(C)OC(=O)NCCC(O)C(O)c1ccc(C(=O)O)c(Cl)c1. The third kappa shape index (κ3) is 6.35. The molecule has 7 nitrogen and oxygen atoms in total. The smallest absolute Gasteiger partial charge is 0.407 e. The maximum absolute atomic E-state index is 11.5. The summed E-state index contributed by atoms with van der Waals surface area (Å²) in [7, 11) is 0. The minimum absolute atomic E-state index is 0.0295. The highest BCUT2D eigenvalue weighted by molar-refractivity contribution is 6.33. The summed E-state index contributed by atoms with van der Waals surface area (Å²) < 4.78 is 5.05. The van der Waals surface area contributed by atoms with Crippen LogP contribution in [0, 0.1) is 0 Å². The molecule has 0 heterocycles. The van der Waals surface area contributed by atoms with Crippen LogP contribution in [0.25, 0.3) is 0 Å². The van der Waals surface area contributed by atoms with E-state index in [0.29, 0.717) is 0 Å². The number of benzene rings is 1. The fourth-order valence-corrected chi connectivity index (χ4v) is 2.17. The Hall–Kier alpha value is -1.83. The first-order chi connectivity index (χ1) is 11.0. The number of hydrogen-bond acceptors (Lipinski definition) is 5. The van der Waals surface area contributed by atoms with E-state index in [9.17, 15) is 19.8 Å². The standard InChI is InChI=1S/C16H22ClNO6/c1-16(2,3)24-15(23)18-7-6-12(19)13(20)9-4-5-10(14(21)22)11(17)8-9/h4-5,8,12-13,19-20H,6-7H2,1-3H3,(H,18,23)(H,21,22). The quantitative estimate of drug-likeness (QED) is 0.619. The zero-order valence-corrected chi connectivity index (χ0v) is 14.5. The number of ether oxygens (including phenoxy) is 1. The van der Waals surface area contributed by atoms with Crippen LogP contribution in [0.2, 0.25) is 5.02 Å². The van der Waals surface area contributed by atoms with Crippen LogP contribution in [0.3, 0.4) is 0 Å². The van der Waals surface area contributed by atoms with E-state index in [4.69, 9.17) is 21.4 Å². The number of carboxylic acid groups (broad SMARTS) is 1. The Morgan fingerprint density at radius 1 is 1.29 bits per heavy atom. The molecular weight excluding hydrogens is 338 g/mol. The van der Waals surface area contributed by atoms with Crippen molar-refractivity contribution in [3.05, 3.63) is 34.3 Å². The van der Waals surface area contributed by atoms with Gasteiger partial charge in [0.25, 0.3) is 0 Å². The summed E-state index contributed by atoms with van der Waals surface area (Å²) >= 11 is 5.83. The molecule has 0 spiro atoms. The molecule has 0 saturated heterocycles. The number of carbonyl (C=O) groups excluding carboxylic acids is 1. The molecular formula is C16H22ClNO6. The van der Waals surface area contributed by atoms with Crippen LogP contribution in [0.1, 0.15) is 49.2 Å². The number of aliphatic hydroxyl groups excluding tert-OH is 2. The highest BCUT2D eigenvalue weighted by Crippen LogP contribution is 2.25. The van der Waals surface area contributed by atoms with Crippen molar-refractivity contribution in [2.24, 2.45) is 0 Å². The lowest BCUT2D eigenvalue weighted by molar-refractivity contribution is 0.0123. The predicted octanol–water partition coefficient (Wildman–Crippen LogP) is 2.35. The largest absolute Gasteiger partial charge is 0.478 e. The summed E-state index contributed by atoms with van der Waals surface area (Å²) in [4.78, 5) is 22.4. The molecule has 0 aliphatic carbocycles. The Labute approximate surface area is 145 Å². The lowest BCUT2D eigenvalue weighted by Gasteiger charge is -2.21. The third-order valence-corrected chi connectivity index (χ3v) is 3.35. The van der Waals surface area contributed by atoms with Gasteiger partial charge in [0.15, 0.2) is 0 Å². The van der Waals surface area contributed by atoms with Crippen LogP contribution in [-0.4, -0.2) is 45.6 Å². The number of amides is 1. The van der Waals surface area contributed by atoms with Crippen LogP contribution in [-0.2, 0) is 4.74 Å². The number of alkyl carbamates (subject to hydrolysis) is 1. The Morgan fingerprint density at radius 2 is 1.92 bits per heavy atom. The van der Waals surface area contributed by atoms with Crippen molar-refractivity contribution in [3.8, 4) is 0 Å². The molecule has 4 N–H and O–H groups in total. The number of halogens is 1. The molecule has 0 aromatic heterocycles. The normalized spacial score (nSPS) is 13.9. The van der Waals surface area contributed by atoms with E-state index in [0.717, 1.165) is 0 Å². The minimum Gasteiger partial charge on any atom is -0.478 e. The molecule has 2 atom stereocenters. The first kappa shape index (κ1) is 20.2. The summed E-state index contributed by atoms with van der Waals surface area (Å²) in [6.45, 7) is 5.30. The van der Waals surface area contributed by atoms with Crippen LogP contribution < -0.4 is 5.32 Å². The van der Waals surface area contributed by atoms with Gasteiger partial charge >= 0.3 is 12.1 Å². The number of nitrogens with one attached hydrogen (secondary N) is 1. The first-order valence-corrected chi connectivity index (χ1v) is 7.75. The molecule has 134 valence electrons. The van der Waals surface area contributed by atoms with Gasteiger partial charge in [0.05, 0.1) is 16.7 Å². The third-order valence-electron chi connectivity index (χ3n) is 3.04. The molecule has 1 aromatic carbocycles. The number of aromatic carboxylic acids is 1. The van der Waals surface area contributed by atoms with Gasteiger partial charge in [-0.05, 0) is 44.9 Å². The molecule has 0 aliphatic rings. The van der Waals surface area contributed by atoms with Gasteiger partial charge in [-0.25, -0.2) is 9.59 Å². The molecule has 1 aromatic rings. The Kier molecular flexibility index (Phi) is 7.01. The molecule has 0 fully saturated rings. The van der Waals surface area contributed by atoms with Crippen molar-refractivity contribution in [3.63, 3.8) is 0 Å². The predicted molar refractivity (Wildman–Crippen MR) is 88.2 cm³/mol. The minimum atomic E-state index is -1.26. The monoisotopic (exact) mass is 359 g/mol. The van der Waals surface area contributed by atoms with E-state index in [1.54, 1.807) is 20.8 Å². The highest BCUT2D eigenvalue weighted by Gasteiger charge is 2.21. The second kappa shape index (κ2) is 8.32. The van der Waals surface area contributed by atoms with Gasteiger partial charge in [-0.3, -0.25) is 0 Å². The zero-order chi connectivity index (χ0) is 18.5. The Morgan fingerprint density at radius 3 is 2.42 bits per heavy atom. The van der Waals surface area contributed by atoms with Crippen molar-refractivity contribution in [1.82, 2.24) is 5.32 Å². The molecule has 8 heteroatoms. The summed E-state index contributed by atoms with van der Waals surface area (Å²) in [5, 5.41) is 31.4. The number of hydrogen-bond donors (Lipinski definition) is 4. The fourth-order valence-electron chi connectivity index (χ4n) is 1.91. The molecule has 24 heavy (non-hydrogen) atoms. The molecule has 0 aliphatic heterocycles. The van der Waals surface area contributed by atoms with E-state index >= 15 is 0 Å². The number of rotatable bonds is 6. The first-order valence-electron chi connectivity index (χ1n) is 7.37. The van der Waals surface area contributed by atoms with E-state index in [1.807, 2.05) is 0 Å². The van der Waals surface area contributed by atoms with Gasteiger partial charge in [-0.1, -0.05) is 17.7 Å². The van der Waals surface area contributed by atoms with E-state index in [1.165, 1.54) is 18.2 Å². The zero-order valence-electron chi connectivity index (χ0n) is 13.7. The summed E-state index contributed by atoms with van der Waals surface area (Å²) in [6.07, 6.45) is -2.95. The van der Waals surface area contributed by atoms with Crippen molar-refractivity contribution >= 4 is 23.7 Å². The summed E-state index contributed by atoms with van der Waals surface area (Å²) in [5.74, 6) is -1.18. The van der Waals surface area contributed by atoms with Crippen LogP contribution in [0.15, 0.2) is 18.2 Å². The van der Waals surface area contributed by atoms with Crippen LogP contribution in [0.4, 0.5) is 4.79 Å². The average molecular weight is 360 g/mol. The van der Waals surface area contributed by atoms with Gasteiger partial charge in [0, 0.05) is 6.54 Å². The van der Waals surface area contributed by atoms with Crippen LogP contribution in [0.5, 0.6) is 0 Å². The molecule has 2 unspecified atom stereocenters. The Balaban J connectivity index is 2.56. The summed E-state index contributed by atoms with van der Waals surface area (Å²) in [5.41, 5.74) is -0.423. The molecule has 1 amide bonds. The lowest BCUT2D eigenvalue weighted by atomic mass is 10.0. The topological polar surface area (TPSA) is 116 Å². The van der Waals surface area contributed by atoms with E-state index in [2.05, 4.69) is 5.32 Å². The maximum Gasteiger partial charge on any atom is 0.407 e.